The van der Waals surface area contributed by atoms with Gasteiger partial charge in [0.1, 0.15) is 5.82 Å². The third-order valence-corrected chi connectivity index (χ3v) is 5.84. The molecule has 162 valence electrons. The van der Waals surface area contributed by atoms with Crippen molar-refractivity contribution >= 4 is 46.0 Å². The van der Waals surface area contributed by atoms with Crippen molar-refractivity contribution in [3.63, 3.8) is 0 Å². The number of anilines is 1. The largest absolute Gasteiger partial charge is 0.417 e. The van der Waals surface area contributed by atoms with Crippen LogP contribution in [0.4, 0.5) is 19.0 Å². The summed E-state index contributed by atoms with van der Waals surface area (Å²) in [5.74, 6) is -0.150. The first kappa shape index (κ1) is 21.6. The number of nitrogens with zero attached hydrogens (tertiary/aromatic N) is 3. The minimum Gasteiger partial charge on any atom is -0.364 e. The van der Waals surface area contributed by atoms with E-state index in [0.29, 0.717) is 45.4 Å². The van der Waals surface area contributed by atoms with E-state index in [9.17, 15) is 18.0 Å². The topological polar surface area (TPSA) is 58.1 Å². The number of halogens is 5. The summed E-state index contributed by atoms with van der Waals surface area (Å²) in [6, 6.07) is 6.65. The molecule has 1 aromatic heterocycles. The van der Waals surface area contributed by atoms with Gasteiger partial charge in [0.2, 0.25) is 0 Å². The second kappa shape index (κ2) is 8.16. The van der Waals surface area contributed by atoms with Crippen LogP contribution in [-0.2, 0) is 6.18 Å². The molecule has 2 aromatic carbocycles. The Morgan fingerprint density at radius 1 is 1.16 bits per heavy atom. The van der Waals surface area contributed by atoms with Crippen LogP contribution in [0.5, 0.6) is 0 Å². The highest BCUT2D eigenvalue weighted by Crippen LogP contribution is 2.33. The van der Waals surface area contributed by atoms with Gasteiger partial charge in [-0.15, -0.1) is 0 Å². The molecule has 0 saturated carbocycles. The lowest BCUT2D eigenvalue weighted by Gasteiger charge is -2.20. The predicted octanol–water partition coefficient (Wildman–Crippen LogP) is 5.59. The Balaban J connectivity index is 1.50. The minimum absolute atomic E-state index is 0.169. The SMILES string of the molecule is Cc1ccc(C(F)(F)F)c(C(=O)N2CCC(Nc3cnc4cc(Cl)c(Cl)cc4n3)C2)c1. The van der Waals surface area contributed by atoms with Crippen molar-refractivity contribution in [2.75, 3.05) is 18.4 Å². The van der Waals surface area contributed by atoms with Crippen LogP contribution >= 0.6 is 23.2 Å². The van der Waals surface area contributed by atoms with Crippen LogP contribution in [0.1, 0.15) is 27.9 Å². The van der Waals surface area contributed by atoms with Crippen LogP contribution in [0.3, 0.4) is 0 Å². The molecule has 31 heavy (non-hydrogen) atoms. The molecule has 1 aliphatic rings. The van der Waals surface area contributed by atoms with Gasteiger partial charge in [-0.05, 0) is 37.6 Å². The van der Waals surface area contributed by atoms with Crippen molar-refractivity contribution in [1.82, 2.24) is 14.9 Å². The van der Waals surface area contributed by atoms with E-state index < -0.39 is 17.6 Å². The summed E-state index contributed by atoms with van der Waals surface area (Å²) >= 11 is 12.0. The molecule has 1 amide bonds. The highest BCUT2D eigenvalue weighted by Gasteiger charge is 2.37. The van der Waals surface area contributed by atoms with Gasteiger partial charge < -0.3 is 10.2 Å². The number of hydrogen-bond donors (Lipinski definition) is 1. The summed E-state index contributed by atoms with van der Waals surface area (Å²) < 4.78 is 40.1. The number of likely N-dealkylation sites (tertiary alicyclic amines) is 1. The van der Waals surface area contributed by atoms with Crippen LogP contribution < -0.4 is 5.32 Å². The molecule has 1 aliphatic heterocycles. The first-order valence-corrected chi connectivity index (χ1v) is 10.2. The fourth-order valence-corrected chi connectivity index (χ4v) is 3.92. The molecule has 5 nitrogen and oxygen atoms in total. The summed E-state index contributed by atoms with van der Waals surface area (Å²) in [6.07, 6.45) is -2.49. The van der Waals surface area contributed by atoms with E-state index >= 15 is 0 Å². The highest BCUT2D eigenvalue weighted by atomic mass is 35.5. The van der Waals surface area contributed by atoms with Crippen LogP contribution in [0.15, 0.2) is 36.5 Å². The molecule has 0 bridgehead atoms. The summed E-state index contributed by atoms with van der Waals surface area (Å²) in [7, 11) is 0. The van der Waals surface area contributed by atoms with Gasteiger partial charge in [0.05, 0.1) is 38.4 Å². The second-order valence-electron chi connectivity index (χ2n) is 7.44. The van der Waals surface area contributed by atoms with Crippen molar-refractivity contribution in [1.29, 1.82) is 0 Å². The monoisotopic (exact) mass is 468 g/mol. The predicted molar refractivity (Wildman–Crippen MR) is 114 cm³/mol. The van der Waals surface area contributed by atoms with Crippen LogP contribution in [0, 0.1) is 6.92 Å². The molecule has 1 unspecified atom stereocenters. The van der Waals surface area contributed by atoms with Crippen LogP contribution in [-0.4, -0.2) is 39.9 Å². The first-order valence-electron chi connectivity index (χ1n) is 9.47. The number of aryl methyl sites for hydroxylation is 1. The number of amides is 1. The molecular weight excluding hydrogens is 452 g/mol. The van der Waals surface area contributed by atoms with Gasteiger partial charge >= 0.3 is 6.18 Å². The maximum atomic E-state index is 13.4. The van der Waals surface area contributed by atoms with Gasteiger partial charge in [0, 0.05) is 19.1 Å². The molecule has 2 heterocycles. The Kier molecular flexibility index (Phi) is 5.70. The number of nitrogens with one attached hydrogen (secondary N) is 1. The molecule has 1 atom stereocenters. The molecule has 0 spiro atoms. The van der Waals surface area contributed by atoms with Crippen LogP contribution in [0.25, 0.3) is 11.0 Å². The molecule has 1 fully saturated rings. The zero-order valence-corrected chi connectivity index (χ0v) is 17.8. The maximum absolute atomic E-state index is 13.4. The van der Waals surface area contributed by atoms with Crippen molar-refractivity contribution in [2.24, 2.45) is 0 Å². The second-order valence-corrected chi connectivity index (χ2v) is 8.25. The van der Waals surface area contributed by atoms with E-state index in [1.165, 1.54) is 17.0 Å². The molecule has 10 heteroatoms. The number of aromatic nitrogens is 2. The first-order chi connectivity index (χ1) is 14.6. The number of alkyl halides is 3. The normalized spacial score (nSPS) is 16.7. The van der Waals surface area contributed by atoms with Crippen molar-refractivity contribution in [3.8, 4) is 0 Å². The lowest BCUT2D eigenvalue weighted by Crippen LogP contribution is -2.33. The third-order valence-electron chi connectivity index (χ3n) is 5.12. The van der Waals surface area contributed by atoms with E-state index in [2.05, 4.69) is 15.3 Å². The summed E-state index contributed by atoms with van der Waals surface area (Å²) in [4.78, 5) is 23.0. The standard InChI is InChI=1S/C21H17Cl2F3N4O/c1-11-2-3-14(21(24,25)26)13(6-11)20(31)30-5-4-12(10-30)28-19-9-27-17-7-15(22)16(23)8-18(17)29-19/h2-3,6-9,12H,4-5,10H2,1H3,(H,28,29). The fourth-order valence-electron chi connectivity index (χ4n) is 3.60. The quantitative estimate of drug-likeness (QED) is 0.544. The Morgan fingerprint density at radius 3 is 2.58 bits per heavy atom. The van der Waals surface area contributed by atoms with Gasteiger partial charge in [-0.1, -0.05) is 34.8 Å². The number of benzene rings is 2. The minimum atomic E-state index is -4.60. The van der Waals surface area contributed by atoms with Gasteiger partial charge in [0.15, 0.2) is 0 Å². The maximum Gasteiger partial charge on any atom is 0.417 e. The van der Waals surface area contributed by atoms with Gasteiger partial charge in [0.25, 0.3) is 5.91 Å². The number of rotatable bonds is 3. The van der Waals surface area contributed by atoms with Crippen molar-refractivity contribution in [2.45, 2.75) is 25.6 Å². The lowest BCUT2D eigenvalue weighted by molar-refractivity contribution is -0.138. The Morgan fingerprint density at radius 2 is 1.87 bits per heavy atom. The number of carbonyl (C=O) groups is 1. The fraction of sp³-hybridized carbons (Fsp3) is 0.286. The molecule has 3 aromatic rings. The smallest absolute Gasteiger partial charge is 0.364 e. The zero-order valence-electron chi connectivity index (χ0n) is 16.3. The highest BCUT2D eigenvalue weighted by molar-refractivity contribution is 6.42. The number of carbonyl (C=O) groups excluding carboxylic acids is 1. The molecule has 1 N–H and O–H groups in total. The lowest BCUT2D eigenvalue weighted by atomic mass is 10.0. The zero-order chi connectivity index (χ0) is 22.3. The van der Waals surface area contributed by atoms with Crippen LogP contribution in [0.2, 0.25) is 10.0 Å². The summed E-state index contributed by atoms with van der Waals surface area (Å²) in [6.45, 7) is 2.25. The van der Waals surface area contributed by atoms with E-state index in [-0.39, 0.29) is 18.2 Å². The van der Waals surface area contributed by atoms with E-state index in [1.54, 1.807) is 25.3 Å². The molecular formula is C21H17Cl2F3N4O. The Bertz CT molecular complexity index is 1170. The summed E-state index contributed by atoms with van der Waals surface area (Å²) in [5, 5.41) is 3.93. The Labute approximate surface area is 186 Å². The van der Waals surface area contributed by atoms with Gasteiger partial charge in [-0.3, -0.25) is 9.78 Å². The van der Waals surface area contributed by atoms with Crippen molar-refractivity contribution < 1.29 is 18.0 Å². The van der Waals surface area contributed by atoms with E-state index in [0.717, 1.165) is 6.07 Å². The number of hydrogen-bond acceptors (Lipinski definition) is 4. The molecule has 0 radical (unpaired) electrons. The van der Waals surface area contributed by atoms with Crippen molar-refractivity contribution in [3.05, 3.63) is 63.3 Å². The van der Waals surface area contributed by atoms with Gasteiger partial charge in [-0.25, -0.2) is 4.98 Å². The number of fused-ring (bicyclic) bond motifs is 1. The average molecular weight is 469 g/mol. The van der Waals surface area contributed by atoms with E-state index in [1.807, 2.05) is 0 Å². The summed E-state index contributed by atoms with van der Waals surface area (Å²) in [5.41, 5.74) is 0.484. The van der Waals surface area contributed by atoms with Gasteiger partial charge in [-0.2, -0.15) is 13.2 Å². The third kappa shape index (κ3) is 4.55. The molecule has 1 saturated heterocycles. The molecule has 0 aliphatic carbocycles. The van der Waals surface area contributed by atoms with E-state index in [4.69, 9.17) is 23.2 Å². The Hall–Kier alpha value is -2.58. The average Bonchev–Trinajstić information content (AvgIpc) is 3.16. The molecule has 4 rings (SSSR count).